The van der Waals surface area contributed by atoms with Crippen molar-refractivity contribution in [3.63, 3.8) is 0 Å². The Labute approximate surface area is 146 Å². The molecule has 8 nitrogen and oxygen atoms in total. The van der Waals surface area contributed by atoms with Gasteiger partial charge in [0.1, 0.15) is 5.76 Å². The van der Waals surface area contributed by atoms with Gasteiger partial charge >= 0.3 is 10.2 Å². The fourth-order valence-corrected chi connectivity index (χ4v) is 3.75. The van der Waals surface area contributed by atoms with Crippen molar-refractivity contribution < 1.29 is 17.6 Å². The Bertz CT molecular complexity index is 738. The van der Waals surface area contributed by atoms with Crippen molar-refractivity contribution in [3.8, 4) is 0 Å². The predicted octanol–water partition coefficient (Wildman–Crippen LogP) is 1.17. The SMILES string of the molecule is COC1=NS(=O)(=O)N=C1NCCSCc1occ(CN(C)C)c1C. The van der Waals surface area contributed by atoms with Gasteiger partial charge in [-0.2, -0.15) is 20.2 Å². The Hall–Kier alpha value is -1.52. The monoisotopic (exact) mass is 374 g/mol. The number of thioether (sulfide) groups is 1. The highest BCUT2D eigenvalue weighted by molar-refractivity contribution is 7.98. The van der Waals surface area contributed by atoms with E-state index in [4.69, 9.17) is 9.15 Å². The van der Waals surface area contributed by atoms with Crippen LogP contribution in [0.15, 0.2) is 19.5 Å². The Morgan fingerprint density at radius 1 is 1.38 bits per heavy atom. The molecule has 0 saturated carbocycles. The number of rotatable bonds is 7. The van der Waals surface area contributed by atoms with E-state index in [-0.39, 0.29) is 11.7 Å². The molecule has 2 heterocycles. The van der Waals surface area contributed by atoms with Gasteiger partial charge in [-0.1, -0.05) is 0 Å². The lowest BCUT2D eigenvalue weighted by molar-refractivity contribution is 0.399. The molecular formula is C14H22N4O4S2. The third kappa shape index (κ3) is 4.99. The number of hydrogen-bond acceptors (Lipinski definition) is 7. The molecule has 1 N–H and O–H groups in total. The molecule has 0 aromatic carbocycles. The van der Waals surface area contributed by atoms with Crippen molar-refractivity contribution in [2.45, 2.75) is 19.2 Å². The van der Waals surface area contributed by atoms with Gasteiger partial charge in [0.05, 0.1) is 19.1 Å². The summed E-state index contributed by atoms with van der Waals surface area (Å²) in [7, 11) is 1.61. The van der Waals surface area contributed by atoms with Crippen LogP contribution >= 0.6 is 11.8 Å². The van der Waals surface area contributed by atoms with Gasteiger partial charge in [-0.15, -0.1) is 8.80 Å². The molecule has 1 aromatic heterocycles. The molecule has 1 aromatic rings. The van der Waals surface area contributed by atoms with Crippen molar-refractivity contribution in [1.82, 2.24) is 10.2 Å². The summed E-state index contributed by atoms with van der Waals surface area (Å²) in [5.74, 6) is 2.64. The minimum absolute atomic E-state index is 0.00444. The Morgan fingerprint density at radius 3 is 2.79 bits per heavy atom. The van der Waals surface area contributed by atoms with E-state index in [9.17, 15) is 8.42 Å². The zero-order valence-corrected chi connectivity index (χ0v) is 15.8. The molecule has 10 heteroatoms. The maximum absolute atomic E-state index is 11.3. The van der Waals surface area contributed by atoms with E-state index in [1.165, 1.54) is 18.2 Å². The maximum atomic E-state index is 11.3. The number of ether oxygens (including phenoxy) is 1. The maximum Gasteiger partial charge on any atom is 0.368 e. The van der Waals surface area contributed by atoms with Crippen LogP contribution in [0.25, 0.3) is 0 Å². The first-order chi connectivity index (χ1) is 11.3. The summed E-state index contributed by atoms with van der Waals surface area (Å²) in [4.78, 5) is 2.10. The molecular weight excluding hydrogens is 352 g/mol. The van der Waals surface area contributed by atoms with Gasteiger partial charge in [-0.05, 0) is 26.6 Å². The van der Waals surface area contributed by atoms with Crippen molar-refractivity contribution in [3.05, 3.63) is 23.2 Å². The highest BCUT2D eigenvalue weighted by Gasteiger charge is 2.24. The van der Waals surface area contributed by atoms with Crippen LogP contribution in [0.2, 0.25) is 0 Å². The molecule has 0 fully saturated rings. The second-order valence-corrected chi connectivity index (χ2v) is 7.88. The number of hydrogen-bond donors (Lipinski definition) is 1. The number of methoxy groups -OCH3 is 1. The fourth-order valence-electron chi connectivity index (χ4n) is 2.11. The van der Waals surface area contributed by atoms with Gasteiger partial charge in [0.2, 0.25) is 5.84 Å². The van der Waals surface area contributed by atoms with Crippen LogP contribution in [0, 0.1) is 6.92 Å². The predicted molar refractivity (Wildman–Crippen MR) is 95.8 cm³/mol. The number of amidine groups is 1. The van der Waals surface area contributed by atoms with Crippen LogP contribution in [0.3, 0.4) is 0 Å². The Balaban J connectivity index is 1.76. The summed E-state index contributed by atoms with van der Waals surface area (Å²) < 4.78 is 40.0. The van der Waals surface area contributed by atoms with Crippen molar-refractivity contribution >= 4 is 33.7 Å². The fraction of sp³-hybridized carbons (Fsp3) is 0.571. The van der Waals surface area contributed by atoms with Crippen molar-refractivity contribution in [2.24, 2.45) is 8.80 Å². The Morgan fingerprint density at radius 2 is 2.12 bits per heavy atom. The van der Waals surface area contributed by atoms with Gasteiger partial charge in [0.25, 0.3) is 5.90 Å². The Kier molecular flexibility index (Phi) is 6.30. The molecule has 0 radical (unpaired) electrons. The second kappa shape index (κ2) is 8.04. The molecule has 2 rings (SSSR count). The number of nitrogens with zero attached hydrogens (tertiary/aromatic N) is 3. The van der Waals surface area contributed by atoms with Crippen LogP contribution in [0.1, 0.15) is 16.9 Å². The average molecular weight is 374 g/mol. The van der Waals surface area contributed by atoms with Crippen LogP contribution < -0.4 is 5.32 Å². The molecule has 0 unspecified atom stereocenters. The van der Waals surface area contributed by atoms with Gasteiger partial charge in [-0.3, -0.25) is 0 Å². The van der Waals surface area contributed by atoms with Gasteiger partial charge in [0, 0.05) is 24.4 Å². The first kappa shape index (κ1) is 18.8. The highest BCUT2D eigenvalue weighted by atomic mass is 32.2. The molecule has 0 atom stereocenters. The number of furan rings is 1. The summed E-state index contributed by atoms with van der Waals surface area (Å²) in [5.41, 5.74) is 2.38. The number of nitrogens with one attached hydrogen (secondary N) is 1. The smallest absolute Gasteiger partial charge is 0.368 e. The quantitative estimate of drug-likeness (QED) is 0.716. The lowest BCUT2D eigenvalue weighted by atomic mass is 10.2. The summed E-state index contributed by atoms with van der Waals surface area (Å²) in [6.45, 7) is 3.47. The molecule has 1 aliphatic heterocycles. The normalized spacial score (nSPS) is 16.2. The summed E-state index contributed by atoms with van der Waals surface area (Å²) in [6, 6.07) is 0. The lowest BCUT2D eigenvalue weighted by Gasteiger charge is -2.08. The average Bonchev–Trinajstić information content (AvgIpc) is 2.99. The third-order valence-electron chi connectivity index (χ3n) is 3.30. The zero-order valence-electron chi connectivity index (χ0n) is 14.2. The first-order valence-corrected chi connectivity index (χ1v) is 9.89. The van der Waals surface area contributed by atoms with Gasteiger partial charge in [-0.25, -0.2) is 0 Å². The molecule has 0 amide bonds. The van der Waals surface area contributed by atoms with E-state index < -0.39 is 10.2 Å². The van der Waals surface area contributed by atoms with E-state index in [0.29, 0.717) is 6.54 Å². The van der Waals surface area contributed by atoms with Crippen LogP contribution in [0.4, 0.5) is 0 Å². The second-order valence-electron chi connectivity index (χ2n) is 5.51. The van der Waals surface area contributed by atoms with E-state index in [0.717, 1.165) is 23.8 Å². The van der Waals surface area contributed by atoms with Crippen LogP contribution in [0.5, 0.6) is 0 Å². The summed E-state index contributed by atoms with van der Waals surface area (Å²) >= 11 is 1.69. The minimum atomic E-state index is -3.79. The van der Waals surface area contributed by atoms with Crippen LogP contribution in [-0.2, 0) is 27.2 Å². The van der Waals surface area contributed by atoms with Crippen molar-refractivity contribution in [2.75, 3.05) is 33.5 Å². The molecule has 134 valence electrons. The molecule has 1 aliphatic rings. The highest BCUT2D eigenvalue weighted by Crippen LogP contribution is 2.22. The van der Waals surface area contributed by atoms with E-state index in [1.807, 2.05) is 20.4 Å². The van der Waals surface area contributed by atoms with Crippen LogP contribution in [-0.4, -0.2) is 58.6 Å². The largest absolute Gasteiger partial charge is 0.478 e. The van der Waals surface area contributed by atoms with E-state index in [2.05, 4.69) is 25.9 Å². The molecule has 0 spiro atoms. The van der Waals surface area contributed by atoms with Gasteiger partial charge < -0.3 is 19.4 Å². The van der Waals surface area contributed by atoms with Crippen molar-refractivity contribution in [1.29, 1.82) is 0 Å². The summed E-state index contributed by atoms with van der Waals surface area (Å²) in [5, 5.41) is 2.93. The third-order valence-corrected chi connectivity index (χ3v) is 5.07. The van der Waals surface area contributed by atoms with E-state index >= 15 is 0 Å². The molecule has 0 aliphatic carbocycles. The summed E-state index contributed by atoms with van der Waals surface area (Å²) in [6.07, 6.45) is 1.81. The molecule has 0 bridgehead atoms. The topological polar surface area (TPSA) is 96.5 Å². The lowest BCUT2D eigenvalue weighted by Crippen LogP contribution is -2.32. The minimum Gasteiger partial charge on any atom is -0.478 e. The standard InChI is InChI=1S/C14H22N4O4S2/c1-10-11(7-18(2)3)8-22-12(10)9-23-6-5-15-13-14(21-4)17-24(19,20)16-13/h8H,5-7,9H2,1-4H3,(H,15,16). The zero-order chi connectivity index (χ0) is 17.7. The first-order valence-electron chi connectivity index (χ1n) is 7.34. The molecule has 24 heavy (non-hydrogen) atoms. The van der Waals surface area contributed by atoms with Gasteiger partial charge in [0.15, 0.2) is 0 Å². The van der Waals surface area contributed by atoms with E-state index in [1.54, 1.807) is 11.8 Å². The molecule has 0 saturated heterocycles.